The van der Waals surface area contributed by atoms with Crippen molar-refractivity contribution in [2.24, 2.45) is 0 Å². The van der Waals surface area contributed by atoms with Crippen LogP contribution in [0.3, 0.4) is 0 Å². The second kappa shape index (κ2) is 5.14. The van der Waals surface area contributed by atoms with Gasteiger partial charge in [0.2, 0.25) is 0 Å². The van der Waals surface area contributed by atoms with E-state index in [2.05, 4.69) is 5.32 Å². The molecular formula is C12H9F2NO2S. The molecule has 0 atom stereocenters. The maximum absolute atomic E-state index is 13.4. The van der Waals surface area contributed by atoms with Gasteiger partial charge in [-0.05, 0) is 11.4 Å². The molecule has 1 amide bonds. The van der Waals surface area contributed by atoms with Crippen LogP contribution in [0.15, 0.2) is 29.6 Å². The summed E-state index contributed by atoms with van der Waals surface area (Å²) in [6.07, 6.45) is 0. The minimum Gasteiger partial charge on any atom is -0.507 e. The molecule has 0 aliphatic carbocycles. The number of amides is 1. The van der Waals surface area contributed by atoms with Crippen molar-refractivity contribution in [3.63, 3.8) is 0 Å². The van der Waals surface area contributed by atoms with E-state index in [9.17, 15) is 18.7 Å². The molecule has 2 N–H and O–H groups in total. The number of phenols is 1. The summed E-state index contributed by atoms with van der Waals surface area (Å²) in [5.41, 5.74) is -0.548. The van der Waals surface area contributed by atoms with Gasteiger partial charge in [0.05, 0.1) is 6.54 Å². The smallest absolute Gasteiger partial charge is 0.258 e. The minimum absolute atomic E-state index is 0.229. The Morgan fingerprint density at radius 3 is 2.78 bits per heavy atom. The van der Waals surface area contributed by atoms with E-state index in [4.69, 9.17) is 0 Å². The van der Waals surface area contributed by atoms with Crippen LogP contribution < -0.4 is 5.32 Å². The lowest BCUT2D eigenvalue weighted by Crippen LogP contribution is -2.23. The molecule has 0 saturated carbocycles. The summed E-state index contributed by atoms with van der Waals surface area (Å²) in [6.45, 7) is 0.229. The van der Waals surface area contributed by atoms with Gasteiger partial charge in [0.15, 0.2) is 0 Å². The zero-order chi connectivity index (χ0) is 13.1. The molecule has 0 unspecified atom stereocenters. The van der Waals surface area contributed by atoms with Gasteiger partial charge < -0.3 is 10.4 Å². The molecule has 0 spiro atoms. The highest BCUT2D eigenvalue weighted by molar-refractivity contribution is 7.09. The Labute approximate surface area is 106 Å². The third-order valence-corrected chi connectivity index (χ3v) is 3.14. The standard InChI is InChI=1S/C12H9F2NO2S/c13-7-4-9(14)11(10(16)5-7)12(17)15-6-8-2-1-3-18-8/h1-5,16H,6H2,(H,15,17). The lowest BCUT2D eigenvalue weighted by molar-refractivity contribution is 0.0944. The minimum atomic E-state index is -1.09. The van der Waals surface area contributed by atoms with E-state index in [1.165, 1.54) is 11.3 Å². The number of nitrogens with one attached hydrogen (secondary N) is 1. The molecule has 2 rings (SSSR count). The number of carbonyl (C=O) groups is 1. The number of phenolic OH excluding ortho intramolecular Hbond substituents is 1. The van der Waals surface area contributed by atoms with Crippen molar-refractivity contribution in [2.45, 2.75) is 6.54 Å². The number of hydrogen-bond acceptors (Lipinski definition) is 3. The first kappa shape index (κ1) is 12.5. The average molecular weight is 269 g/mol. The quantitative estimate of drug-likeness (QED) is 0.900. The Hall–Kier alpha value is -1.95. The zero-order valence-electron chi connectivity index (χ0n) is 9.11. The number of hydrogen-bond donors (Lipinski definition) is 2. The first-order valence-electron chi connectivity index (χ1n) is 5.06. The number of aromatic hydroxyl groups is 1. The Morgan fingerprint density at radius 1 is 1.39 bits per heavy atom. The van der Waals surface area contributed by atoms with Gasteiger partial charge >= 0.3 is 0 Å². The zero-order valence-corrected chi connectivity index (χ0v) is 9.93. The Balaban J connectivity index is 2.14. The van der Waals surface area contributed by atoms with Gasteiger partial charge in [-0.25, -0.2) is 8.78 Å². The fourth-order valence-corrected chi connectivity index (χ4v) is 2.10. The molecule has 0 radical (unpaired) electrons. The van der Waals surface area contributed by atoms with E-state index >= 15 is 0 Å². The van der Waals surface area contributed by atoms with Crippen LogP contribution in [0.5, 0.6) is 5.75 Å². The van der Waals surface area contributed by atoms with E-state index < -0.39 is 28.9 Å². The van der Waals surface area contributed by atoms with Crippen molar-refractivity contribution in [1.29, 1.82) is 0 Å². The molecule has 0 aliphatic rings. The van der Waals surface area contributed by atoms with E-state index in [1.807, 2.05) is 17.5 Å². The Bertz CT molecular complexity index is 546. The predicted octanol–water partition coefficient (Wildman–Crippen LogP) is 2.66. The highest BCUT2D eigenvalue weighted by Gasteiger charge is 2.18. The number of thiophene rings is 1. The van der Waals surface area contributed by atoms with Crippen molar-refractivity contribution < 1.29 is 18.7 Å². The van der Waals surface area contributed by atoms with Crippen LogP contribution in [0, 0.1) is 11.6 Å². The maximum Gasteiger partial charge on any atom is 0.258 e. The van der Waals surface area contributed by atoms with Crippen molar-refractivity contribution in [1.82, 2.24) is 5.32 Å². The Morgan fingerprint density at radius 2 is 2.17 bits per heavy atom. The van der Waals surface area contributed by atoms with E-state index in [-0.39, 0.29) is 6.54 Å². The second-order valence-electron chi connectivity index (χ2n) is 3.54. The summed E-state index contributed by atoms with van der Waals surface area (Å²) in [7, 11) is 0. The third kappa shape index (κ3) is 2.65. The predicted molar refractivity (Wildman–Crippen MR) is 63.5 cm³/mol. The highest BCUT2D eigenvalue weighted by atomic mass is 32.1. The molecule has 18 heavy (non-hydrogen) atoms. The van der Waals surface area contributed by atoms with Crippen LogP contribution in [0.4, 0.5) is 8.78 Å². The van der Waals surface area contributed by atoms with Crippen LogP contribution in [0.2, 0.25) is 0 Å². The average Bonchev–Trinajstić information content (AvgIpc) is 2.77. The van der Waals surface area contributed by atoms with Crippen LogP contribution in [0.1, 0.15) is 15.2 Å². The summed E-state index contributed by atoms with van der Waals surface area (Å²) in [6, 6.07) is 4.89. The Kier molecular flexibility index (Phi) is 3.57. The van der Waals surface area contributed by atoms with Crippen molar-refractivity contribution in [3.05, 3.63) is 51.7 Å². The van der Waals surface area contributed by atoms with Crippen LogP contribution in [-0.4, -0.2) is 11.0 Å². The monoisotopic (exact) mass is 269 g/mol. The van der Waals surface area contributed by atoms with Gasteiger partial charge in [0.1, 0.15) is 22.9 Å². The molecule has 2 aromatic rings. The van der Waals surface area contributed by atoms with E-state index in [0.29, 0.717) is 12.1 Å². The SMILES string of the molecule is O=C(NCc1cccs1)c1c(O)cc(F)cc1F. The fraction of sp³-hybridized carbons (Fsp3) is 0.0833. The van der Waals surface area contributed by atoms with Gasteiger partial charge in [-0.1, -0.05) is 6.07 Å². The first-order valence-corrected chi connectivity index (χ1v) is 5.94. The molecule has 0 bridgehead atoms. The van der Waals surface area contributed by atoms with Crippen molar-refractivity contribution in [3.8, 4) is 5.75 Å². The van der Waals surface area contributed by atoms with Crippen LogP contribution >= 0.6 is 11.3 Å². The summed E-state index contributed by atoms with van der Waals surface area (Å²) in [4.78, 5) is 12.6. The van der Waals surface area contributed by atoms with E-state index in [1.54, 1.807) is 0 Å². The number of carbonyl (C=O) groups excluding carboxylic acids is 1. The topological polar surface area (TPSA) is 49.3 Å². The fourth-order valence-electron chi connectivity index (χ4n) is 1.45. The van der Waals surface area contributed by atoms with E-state index in [0.717, 1.165) is 4.88 Å². The second-order valence-corrected chi connectivity index (χ2v) is 4.58. The molecule has 6 heteroatoms. The summed E-state index contributed by atoms with van der Waals surface area (Å²) < 4.78 is 26.1. The summed E-state index contributed by atoms with van der Waals surface area (Å²) in [5, 5.41) is 13.7. The lowest BCUT2D eigenvalue weighted by atomic mass is 10.1. The lowest BCUT2D eigenvalue weighted by Gasteiger charge is -2.07. The van der Waals surface area contributed by atoms with Gasteiger partial charge in [-0.3, -0.25) is 4.79 Å². The van der Waals surface area contributed by atoms with Crippen molar-refractivity contribution in [2.75, 3.05) is 0 Å². The molecule has 0 fully saturated rings. The molecule has 3 nitrogen and oxygen atoms in total. The summed E-state index contributed by atoms with van der Waals surface area (Å²) >= 11 is 1.44. The molecular weight excluding hydrogens is 260 g/mol. The molecule has 1 aromatic heterocycles. The number of rotatable bonds is 3. The maximum atomic E-state index is 13.4. The first-order chi connectivity index (χ1) is 8.58. The molecule has 1 aromatic carbocycles. The van der Waals surface area contributed by atoms with Gasteiger partial charge in [0, 0.05) is 17.0 Å². The molecule has 94 valence electrons. The van der Waals surface area contributed by atoms with Crippen molar-refractivity contribution >= 4 is 17.2 Å². The molecule has 0 aliphatic heterocycles. The van der Waals surface area contributed by atoms with Gasteiger partial charge in [-0.15, -0.1) is 11.3 Å². The number of halogens is 2. The molecule has 1 heterocycles. The third-order valence-electron chi connectivity index (χ3n) is 2.26. The van der Waals surface area contributed by atoms with Crippen LogP contribution in [0.25, 0.3) is 0 Å². The van der Waals surface area contributed by atoms with Crippen LogP contribution in [-0.2, 0) is 6.54 Å². The van der Waals surface area contributed by atoms with Gasteiger partial charge in [-0.2, -0.15) is 0 Å². The largest absolute Gasteiger partial charge is 0.507 e. The summed E-state index contributed by atoms with van der Waals surface area (Å²) in [5.74, 6) is -3.51. The number of benzene rings is 1. The normalized spacial score (nSPS) is 10.3. The molecule has 0 saturated heterocycles. The van der Waals surface area contributed by atoms with Gasteiger partial charge in [0.25, 0.3) is 5.91 Å². The highest BCUT2D eigenvalue weighted by Crippen LogP contribution is 2.22.